The number of ether oxygens (including phenoxy) is 2. The van der Waals surface area contributed by atoms with Crippen LogP contribution in [0.15, 0.2) is 62.1 Å². The van der Waals surface area contributed by atoms with E-state index in [0.717, 1.165) is 49.2 Å². The van der Waals surface area contributed by atoms with Gasteiger partial charge in [0.1, 0.15) is 23.1 Å². The van der Waals surface area contributed by atoms with Gasteiger partial charge in [0, 0.05) is 18.7 Å². The Kier molecular flexibility index (Phi) is 10.3. The standard InChI is InChI=1S/C26H27N3O5S2/c1-3-5-14-28-25(31)33-19-12-13-20(34-26(32)29-15-6-4-2)23-22(19)35-24(36-23)18(16-27)21(30)17-10-8-7-9-11-17/h7-13H,3-6,14-15H2,1-2H3,(H,28,31)(H,29,32). The highest BCUT2D eigenvalue weighted by Gasteiger charge is 2.32. The molecule has 1 heterocycles. The zero-order valence-electron chi connectivity index (χ0n) is 20.1. The first-order chi connectivity index (χ1) is 17.5. The Balaban J connectivity index is 1.92. The first-order valence-electron chi connectivity index (χ1n) is 11.7. The van der Waals surface area contributed by atoms with E-state index in [1.54, 1.807) is 30.3 Å². The van der Waals surface area contributed by atoms with E-state index in [1.165, 1.54) is 12.1 Å². The van der Waals surface area contributed by atoms with Gasteiger partial charge in [-0.1, -0.05) is 80.5 Å². The molecule has 2 N–H and O–H groups in total. The van der Waals surface area contributed by atoms with Crippen LogP contribution in [0.5, 0.6) is 11.5 Å². The van der Waals surface area contributed by atoms with Gasteiger partial charge in [-0.05, 0) is 25.0 Å². The second-order valence-corrected chi connectivity index (χ2v) is 10.0. The molecule has 2 aromatic carbocycles. The quantitative estimate of drug-likeness (QED) is 0.161. The average Bonchev–Trinajstić information content (AvgIpc) is 3.32. The van der Waals surface area contributed by atoms with Crippen LogP contribution in [0.2, 0.25) is 0 Å². The normalized spacial score (nSPS) is 11.8. The van der Waals surface area contributed by atoms with Gasteiger partial charge in [0.2, 0.25) is 5.78 Å². The minimum absolute atomic E-state index is 0.0379. The van der Waals surface area contributed by atoms with Crippen molar-refractivity contribution in [3.8, 4) is 17.6 Å². The van der Waals surface area contributed by atoms with Crippen LogP contribution in [0.25, 0.3) is 0 Å². The maximum absolute atomic E-state index is 13.0. The number of carbonyl (C=O) groups is 3. The van der Waals surface area contributed by atoms with Gasteiger partial charge in [0.05, 0.1) is 14.0 Å². The summed E-state index contributed by atoms with van der Waals surface area (Å²) in [6, 6.07) is 13.6. The number of fused-ring (bicyclic) bond motifs is 1. The van der Waals surface area contributed by atoms with Gasteiger partial charge in [-0.3, -0.25) is 4.79 Å². The van der Waals surface area contributed by atoms with Crippen molar-refractivity contribution in [2.75, 3.05) is 13.1 Å². The summed E-state index contributed by atoms with van der Waals surface area (Å²) < 4.78 is 11.5. The highest BCUT2D eigenvalue weighted by molar-refractivity contribution is 8.24. The van der Waals surface area contributed by atoms with Crippen LogP contribution in [0, 0.1) is 11.3 Å². The number of benzene rings is 2. The van der Waals surface area contributed by atoms with Crippen molar-refractivity contribution in [2.45, 2.75) is 49.3 Å². The van der Waals surface area contributed by atoms with E-state index in [0.29, 0.717) is 32.7 Å². The van der Waals surface area contributed by atoms with E-state index < -0.39 is 18.0 Å². The van der Waals surface area contributed by atoms with E-state index in [4.69, 9.17) is 9.47 Å². The Morgan fingerprint density at radius 1 is 0.833 bits per heavy atom. The van der Waals surface area contributed by atoms with Gasteiger partial charge >= 0.3 is 12.2 Å². The minimum Gasteiger partial charge on any atom is -0.409 e. The number of nitrogens with one attached hydrogen (secondary N) is 2. The van der Waals surface area contributed by atoms with Crippen molar-refractivity contribution >= 4 is 41.5 Å². The van der Waals surface area contributed by atoms with E-state index in [-0.39, 0.29) is 17.1 Å². The molecule has 188 valence electrons. The Hall–Kier alpha value is -3.42. The molecule has 1 aliphatic heterocycles. The Bertz CT molecular complexity index is 1140. The smallest absolute Gasteiger partial charge is 0.409 e. The maximum Gasteiger partial charge on any atom is 0.412 e. The Labute approximate surface area is 218 Å². The molecule has 2 amide bonds. The molecule has 0 atom stereocenters. The number of thioether (sulfide) groups is 2. The molecule has 0 aromatic heterocycles. The lowest BCUT2D eigenvalue weighted by atomic mass is 10.1. The summed E-state index contributed by atoms with van der Waals surface area (Å²) in [6.45, 7) is 4.99. The molecule has 8 nitrogen and oxygen atoms in total. The predicted octanol–water partition coefficient (Wildman–Crippen LogP) is 6.28. The molecule has 0 saturated carbocycles. The van der Waals surface area contributed by atoms with Crippen LogP contribution in [-0.4, -0.2) is 31.1 Å². The molecule has 2 aromatic rings. The van der Waals surface area contributed by atoms with Gasteiger partial charge in [0.25, 0.3) is 0 Å². The largest absolute Gasteiger partial charge is 0.412 e. The van der Waals surface area contributed by atoms with Gasteiger partial charge in [-0.25, -0.2) is 9.59 Å². The molecule has 0 unspecified atom stereocenters. The lowest BCUT2D eigenvalue weighted by Crippen LogP contribution is -2.28. The molecule has 1 aliphatic rings. The summed E-state index contributed by atoms with van der Waals surface area (Å²) in [5, 5.41) is 15.2. The van der Waals surface area contributed by atoms with Crippen LogP contribution < -0.4 is 20.1 Å². The van der Waals surface area contributed by atoms with Crippen LogP contribution >= 0.6 is 23.5 Å². The molecular weight excluding hydrogens is 498 g/mol. The molecule has 36 heavy (non-hydrogen) atoms. The second-order valence-electron chi connectivity index (χ2n) is 7.73. The third kappa shape index (κ3) is 7.06. The summed E-state index contributed by atoms with van der Waals surface area (Å²) in [4.78, 5) is 38.6. The lowest BCUT2D eigenvalue weighted by Gasteiger charge is -2.12. The topological polar surface area (TPSA) is 118 Å². The second kappa shape index (κ2) is 13.6. The van der Waals surface area contributed by atoms with E-state index >= 15 is 0 Å². The molecule has 0 bridgehead atoms. The number of rotatable bonds is 10. The van der Waals surface area contributed by atoms with Crippen molar-refractivity contribution < 1.29 is 23.9 Å². The molecule has 0 saturated heterocycles. The van der Waals surface area contributed by atoms with Crippen LogP contribution in [-0.2, 0) is 0 Å². The van der Waals surface area contributed by atoms with Crippen LogP contribution in [0.4, 0.5) is 9.59 Å². The van der Waals surface area contributed by atoms with Crippen molar-refractivity contribution in [2.24, 2.45) is 0 Å². The highest BCUT2D eigenvalue weighted by atomic mass is 32.2. The van der Waals surface area contributed by atoms with Crippen molar-refractivity contribution in [3.05, 3.63) is 57.8 Å². The van der Waals surface area contributed by atoms with E-state index in [2.05, 4.69) is 10.6 Å². The van der Waals surface area contributed by atoms with Crippen LogP contribution in [0.3, 0.4) is 0 Å². The molecule has 10 heteroatoms. The minimum atomic E-state index is -0.611. The third-order valence-electron chi connectivity index (χ3n) is 5.01. The maximum atomic E-state index is 13.0. The van der Waals surface area contributed by atoms with Gasteiger partial charge in [-0.2, -0.15) is 5.26 Å². The number of ketones is 1. The average molecular weight is 526 g/mol. The third-order valence-corrected chi connectivity index (χ3v) is 7.64. The zero-order chi connectivity index (χ0) is 25.9. The first-order valence-corrected chi connectivity index (χ1v) is 13.3. The number of allylic oxidation sites excluding steroid dienone is 1. The molecule has 0 aliphatic carbocycles. The monoisotopic (exact) mass is 525 g/mol. The van der Waals surface area contributed by atoms with Crippen molar-refractivity contribution in [3.63, 3.8) is 0 Å². The highest BCUT2D eigenvalue weighted by Crippen LogP contribution is 2.59. The summed E-state index contributed by atoms with van der Waals surface area (Å²) in [5.41, 5.74) is 0.348. The summed E-state index contributed by atoms with van der Waals surface area (Å²) in [6.07, 6.45) is 2.26. The first kappa shape index (κ1) is 27.2. The lowest BCUT2D eigenvalue weighted by molar-refractivity contribution is 0.103. The summed E-state index contributed by atoms with van der Waals surface area (Å²) in [5.74, 6) is 0.0739. The number of hydrogen-bond acceptors (Lipinski definition) is 8. The fourth-order valence-corrected chi connectivity index (χ4v) is 5.69. The fraction of sp³-hybridized carbons (Fsp3) is 0.308. The Morgan fingerprint density at radius 3 is 1.78 bits per heavy atom. The van der Waals surface area contributed by atoms with Crippen molar-refractivity contribution in [1.82, 2.24) is 10.6 Å². The number of carbonyl (C=O) groups excluding carboxylic acids is 3. The number of nitriles is 1. The predicted molar refractivity (Wildman–Crippen MR) is 139 cm³/mol. The van der Waals surface area contributed by atoms with Crippen LogP contribution in [0.1, 0.15) is 49.9 Å². The molecule has 3 rings (SSSR count). The molecule has 0 fully saturated rings. The summed E-state index contributed by atoms with van der Waals surface area (Å²) >= 11 is 2.27. The number of nitrogens with zero attached hydrogens (tertiary/aromatic N) is 1. The van der Waals surface area contributed by atoms with E-state index in [9.17, 15) is 19.6 Å². The van der Waals surface area contributed by atoms with Crippen molar-refractivity contribution in [1.29, 1.82) is 5.26 Å². The zero-order valence-corrected chi connectivity index (χ0v) is 21.7. The van der Waals surface area contributed by atoms with Gasteiger partial charge < -0.3 is 20.1 Å². The number of unbranched alkanes of at least 4 members (excludes halogenated alkanes) is 2. The Morgan fingerprint density at radius 2 is 1.33 bits per heavy atom. The van der Waals surface area contributed by atoms with Gasteiger partial charge in [0.15, 0.2) is 0 Å². The van der Waals surface area contributed by atoms with E-state index in [1.807, 2.05) is 19.9 Å². The SMILES string of the molecule is CCCCNC(=O)Oc1ccc(OC(=O)NCCCC)c2c1SC(=C(C#N)C(=O)c1ccccc1)S2. The number of hydrogen-bond donors (Lipinski definition) is 2. The summed E-state index contributed by atoms with van der Waals surface area (Å²) in [7, 11) is 0. The number of Topliss-reactive ketones (excluding diaryl/α,β-unsaturated/α-hetero) is 1. The molecule has 0 spiro atoms. The fourth-order valence-electron chi connectivity index (χ4n) is 3.12. The van der Waals surface area contributed by atoms with Gasteiger partial charge in [-0.15, -0.1) is 0 Å². The molecular formula is C26H27N3O5S2. The molecule has 0 radical (unpaired) electrons. The number of amides is 2.